The van der Waals surface area contributed by atoms with Gasteiger partial charge in [0.15, 0.2) is 0 Å². The fourth-order valence-electron chi connectivity index (χ4n) is 2.10. The minimum Gasteiger partial charge on any atom is -0.395 e. The van der Waals surface area contributed by atoms with Crippen molar-refractivity contribution < 1.29 is 10.2 Å². The van der Waals surface area contributed by atoms with E-state index < -0.39 is 0 Å². The molecule has 0 aliphatic carbocycles. The second-order valence-corrected chi connectivity index (χ2v) is 3.82. The molecule has 0 saturated carbocycles. The van der Waals surface area contributed by atoms with Crippen LogP contribution in [-0.4, -0.2) is 60.5 Å². The third-order valence-electron chi connectivity index (χ3n) is 2.84. The Bertz CT molecular complexity index is 130. The maximum absolute atomic E-state index is 8.93. The topological polar surface area (TPSA) is 55.7 Å². The average molecular weight is 202 g/mol. The highest BCUT2D eigenvalue weighted by molar-refractivity contribution is 4.75. The zero-order valence-corrected chi connectivity index (χ0v) is 8.78. The largest absolute Gasteiger partial charge is 0.395 e. The van der Waals surface area contributed by atoms with Crippen molar-refractivity contribution in [3.05, 3.63) is 0 Å². The van der Waals surface area contributed by atoms with Crippen LogP contribution in [0.25, 0.3) is 0 Å². The smallest absolute Gasteiger partial charge is 0.0558 e. The first-order valence-corrected chi connectivity index (χ1v) is 5.55. The van der Waals surface area contributed by atoms with Crippen LogP contribution in [0, 0.1) is 0 Å². The lowest BCUT2D eigenvalue weighted by Gasteiger charge is -2.29. The molecule has 0 aromatic carbocycles. The highest BCUT2D eigenvalue weighted by atomic mass is 16.3. The monoisotopic (exact) mass is 202 g/mol. The molecular formula is C10H22N2O2. The van der Waals surface area contributed by atoms with Crippen molar-refractivity contribution >= 4 is 0 Å². The molecule has 0 radical (unpaired) electrons. The lowest BCUT2D eigenvalue weighted by atomic mass is 10.1. The second-order valence-electron chi connectivity index (χ2n) is 3.82. The second kappa shape index (κ2) is 7.17. The van der Waals surface area contributed by atoms with Gasteiger partial charge in [0.25, 0.3) is 0 Å². The van der Waals surface area contributed by atoms with E-state index in [9.17, 15) is 0 Å². The minimum atomic E-state index is 0.184. The van der Waals surface area contributed by atoms with Gasteiger partial charge in [-0.2, -0.15) is 0 Å². The van der Waals surface area contributed by atoms with Gasteiger partial charge in [-0.25, -0.2) is 0 Å². The molecule has 3 N–H and O–H groups in total. The summed E-state index contributed by atoms with van der Waals surface area (Å²) in [4.78, 5) is 2.20. The van der Waals surface area contributed by atoms with E-state index in [1.807, 2.05) is 0 Å². The predicted molar refractivity (Wildman–Crippen MR) is 56.3 cm³/mol. The molecule has 0 spiro atoms. The summed E-state index contributed by atoms with van der Waals surface area (Å²) in [6, 6.07) is 0.532. The van der Waals surface area contributed by atoms with Gasteiger partial charge in [-0.05, 0) is 32.4 Å². The summed E-state index contributed by atoms with van der Waals surface area (Å²) in [6.45, 7) is 3.89. The Morgan fingerprint density at radius 2 is 1.79 bits per heavy atom. The summed E-state index contributed by atoms with van der Waals surface area (Å²) in [5.74, 6) is 0. The maximum Gasteiger partial charge on any atom is 0.0558 e. The zero-order chi connectivity index (χ0) is 10.2. The summed E-state index contributed by atoms with van der Waals surface area (Å²) >= 11 is 0. The van der Waals surface area contributed by atoms with Crippen LogP contribution in [-0.2, 0) is 0 Å². The van der Waals surface area contributed by atoms with Gasteiger partial charge in [0, 0.05) is 19.1 Å². The van der Waals surface area contributed by atoms with Gasteiger partial charge in [0.05, 0.1) is 13.2 Å². The number of nitrogens with one attached hydrogen (secondary N) is 1. The lowest BCUT2D eigenvalue weighted by Crippen LogP contribution is -2.39. The Labute approximate surface area is 85.9 Å². The minimum absolute atomic E-state index is 0.184. The number of hydrogen-bond donors (Lipinski definition) is 3. The Kier molecular flexibility index (Phi) is 6.10. The van der Waals surface area contributed by atoms with Crippen molar-refractivity contribution in [2.45, 2.75) is 25.3 Å². The van der Waals surface area contributed by atoms with Crippen LogP contribution in [0.15, 0.2) is 0 Å². The zero-order valence-electron chi connectivity index (χ0n) is 8.78. The molecule has 0 aromatic rings. The molecule has 84 valence electrons. The van der Waals surface area contributed by atoms with Crippen molar-refractivity contribution in [1.82, 2.24) is 10.2 Å². The molecular weight excluding hydrogens is 180 g/mol. The van der Waals surface area contributed by atoms with E-state index in [1.54, 1.807) is 0 Å². The van der Waals surface area contributed by atoms with Gasteiger partial charge in [0.1, 0.15) is 0 Å². The van der Waals surface area contributed by atoms with Gasteiger partial charge in [-0.15, -0.1) is 0 Å². The molecule has 1 atom stereocenters. The van der Waals surface area contributed by atoms with Gasteiger partial charge >= 0.3 is 0 Å². The molecule has 1 saturated heterocycles. The van der Waals surface area contributed by atoms with E-state index in [0.29, 0.717) is 19.1 Å². The van der Waals surface area contributed by atoms with E-state index in [4.69, 9.17) is 10.2 Å². The molecule has 4 nitrogen and oxygen atoms in total. The van der Waals surface area contributed by atoms with Gasteiger partial charge in [0.2, 0.25) is 0 Å². The third-order valence-corrected chi connectivity index (χ3v) is 2.84. The van der Waals surface area contributed by atoms with Gasteiger partial charge < -0.3 is 15.5 Å². The summed E-state index contributed by atoms with van der Waals surface area (Å²) < 4.78 is 0. The SMILES string of the molecule is OCCN(CCO)C1CCCNCC1. The molecule has 1 aliphatic rings. The number of nitrogens with zero attached hydrogens (tertiary/aromatic N) is 1. The van der Waals surface area contributed by atoms with Crippen molar-refractivity contribution in [2.75, 3.05) is 39.4 Å². The Morgan fingerprint density at radius 3 is 2.43 bits per heavy atom. The van der Waals surface area contributed by atoms with Crippen molar-refractivity contribution in [3.63, 3.8) is 0 Å². The number of hydrogen-bond acceptors (Lipinski definition) is 4. The number of aliphatic hydroxyl groups excluding tert-OH is 2. The number of aliphatic hydroxyl groups is 2. The van der Waals surface area contributed by atoms with Crippen LogP contribution in [0.5, 0.6) is 0 Å². The maximum atomic E-state index is 8.93. The summed E-state index contributed by atoms with van der Waals surface area (Å²) in [5, 5.41) is 21.2. The molecule has 1 unspecified atom stereocenters. The van der Waals surface area contributed by atoms with E-state index >= 15 is 0 Å². The lowest BCUT2D eigenvalue weighted by molar-refractivity contribution is 0.115. The molecule has 4 heteroatoms. The fourth-order valence-corrected chi connectivity index (χ4v) is 2.10. The highest BCUT2D eigenvalue weighted by Gasteiger charge is 2.18. The summed E-state index contributed by atoms with van der Waals surface area (Å²) in [7, 11) is 0. The first-order chi connectivity index (χ1) is 6.88. The Morgan fingerprint density at radius 1 is 1.07 bits per heavy atom. The average Bonchev–Trinajstić information content (AvgIpc) is 2.45. The predicted octanol–water partition coefficient (Wildman–Crippen LogP) is -0.585. The van der Waals surface area contributed by atoms with Gasteiger partial charge in [-0.1, -0.05) is 0 Å². The first kappa shape index (κ1) is 11.9. The van der Waals surface area contributed by atoms with E-state index in [1.165, 1.54) is 12.8 Å². The van der Waals surface area contributed by atoms with E-state index in [-0.39, 0.29) is 13.2 Å². The molecule has 1 heterocycles. The molecule has 0 aromatic heterocycles. The molecule has 0 bridgehead atoms. The van der Waals surface area contributed by atoms with E-state index in [0.717, 1.165) is 19.5 Å². The highest BCUT2D eigenvalue weighted by Crippen LogP contribution is 2.12. The molecule has 14 heavy (non-hydrogen) atoms. The van der Waals surface area contributed by atoms with Crippen molar-refractivity contribution in [3.8, 4) is 0 Å². The van der Waals surface area contributed by atoms with Crippen LogP contribution in [0.2, 0.25) is 0 Å². The summed E-state index contributed by atoms with van der Waals surface area (Å²) in [6.07, 6.45) is 3.49. The standard InChI is InChI=1S/C10H22N2O2/c13-8-6-12(7-9-14)10-2-1-4-11-5-3-10/h10-11,13-14H,1-9H2. The third kappa shape index (κ3) is 3.92. The Hall–Kier alpha value is -0.160. The van der Waals surface area contributed by atoms with Crippen LogP contribution in [0.4, 0.5) is 0 Å². The number of rotatable bonds is 5. The molecule has 1 rings (SSSR count). The van der Waals surface area contributed by atoms with Crippen LogP contribution < -0.4 is 5.32 Å². The van der Waals surface area contributed by atoms with Crippen molar-refractivity contribution in [1.29, 1.82) is 0 Å². The molecule has 0 amide bonds. The van der Waals surface area contributed by atoms with Crippen LogP contribution >= 0.6 is 0 Å². The first-order valence-electron chi connectivity index (χ1n) is 5.55. The molecule has 1 fully saturated rings. The fraction of sp³-hybridized carbons (Fsp3) is 1.00. The normalized spacial score (nSPS) is 23.8. The van der Waals surface area contributed by atoms with Crippen molar-refractivity contribution in [2.24, 2.45) is 0 Å². The molecule has 1 aliphatic heterocycles. The van der Waals surface area contributed by atoms with E-state index in [2.05, 4.69) is 10.2 Å². The summed E-state index contributed by atoms with van der Waals surface area (Å²) in [5.41, 5.74) is 0. The van der Waals surface area contributed by atoms with Gasteiger partial charge in [-0.3, -0.25) is 4.90 Å². The van der Waals surface area contributed by atoms with Crippen LogP contribution in [0.1, 0.15) is 19.3 Å². The quantitative estimate of drug-likeness (QED) is 0.558. The van der Waals surface area contributed by atoms with Crippen LogP contribution in [0.3, 0.4) is 0 Å². The Balaban J connectivity index is 2.38.